The molecule has 0 aromatic carbocycles. The lowest BCUT2D eigenvalue weighted by molar-refractivity contribution is -0.138. The molecule has 1 amide bonds. The van der Waals surface area contributed by atoms with Gasteiger partial charge in [-0.1, -0.05) is 13.3 Å². The van der Waals surface area contributed by atoms with Crippen molar-refractivity contribution in [1.29, 1.82) is 0 Å². The number of carbonyl (C=O) groups excluding carboxylic acids is 1. The number of likely N-dealkylation sites (tertiary alicyclic amines) is 1. The van der Waals surface area contributed by atoms with Crippen LogP contribution in [0, 0.1) is 11.8 Å². The molecule has 0 aromatic rings. The summed E-state index contributed by atoms with van der Waals surface area (Å²) in [5.41, 5.74) is 0. The molecule has 3 atom stereocenters. The zero-order valence-electron chi connectivity index (χ0n) is 9.48. The zero-order chi connectivity index (χ0) is 10.8. The van der Waals surface area contributed by atoms with Crippen LogP contribution in [0.15, 0.2) is 0 Å². The Labute approximate surface area is 91.5 Å². The molecule has 0 aromatic heterocycles. The Bertz CT molecular complexity index is 242. The van der Waals surface area contributed by atoms with E-state index < -0.39 is 0 Å². The Morgan fingerprint density at radius 3 is 2.73 bits per heavy atom. The van der Waals surface area contributed by atoms with E-state index in [1.165, 1.54) is 12.8 Å². The molecule has 2 unspecified atom stereocenters. The largest absolute Gasteiger partial charge is 0.394 e. The molecule has 3 heteroatoms. The first kappa shape index (κ1) is 10.9. The predicted octanol–water partition coefficient (Wildman–Crippen LogP) is 1.41. The maximum atomic E-state index is 12.2. The van der Waals surface area contributed by atoms with Crippen molar-refractivity contribution in [2.75, 3.05) is 13.2 Å². The van der Waals surface area contributed by atoms with Crippen molar-refractivity contribution in [1.82, 2.24) is 4.90 Å². The molecule has 1 N–H and O–H groups in total. The maximum Gasteiger partial charge on any atom is 0.226 e. The van der Waals surface area contributed by atoms with E-state index >= 15 is 0 Å². The van der Waals surface area contributed by atoms with Crippen LogP contribution in [-0.2, 0) is 4.79 Å². The summed E-state index contributed by atoms with van der Waals surface area (Å²) in [4.78, 5) is 14.2. The Morgan fingerprint density at radius 1 is 1.33 bits per heavy atom. The molecule has 0 spiro atoms. The first-order valence-electron chi connectivity index (χ1n) is 6.15. The monoisotopic (exact) mass is 211 g/mol. The number of hydrogen-bond donors (Lipinski definition) is 1. The van der Waals surface area contributed by atoms with E-state index in [9.17, 15) is 9.90 Å². The number of hydrogen-bond acceptors (Lipinski definition) is 2. The van der Waals surface area contributed by atoms with Gasteiger partial charge in [0.25, 0.3) is 0 Å². The lowest BCUT2D eigenvalue weighted by atomic mass is 9.96. The lowest BCUT2D eigenvalue weighted by Gasteiger charge is -2.27. The van der Waals surface area contributed by atoms with Gasteiger partial charge in [0.2, 0.25) is 5.91 Å². The van der Waals surface area contributed by atoms with Gasteiger partial charge in [-0.3, -0.25) is 4.79 Å². The normalized spacial score (nSPS) is 36.1. The van der Waals surface area contributed by atoms with Gasteiger partial charge in [0.1, 0.15) is 0 Å². The van der Waals surface area contributed by atoms with E-state index in [4.69, 9.17) is 0 Å². The molecular weight excluding hydrogens is 190 g/mol. The van der Waals surface area contributed by atoms with Gasteiger partial charge in [0.05, 0.1) is 12.6 Å². The Hall–Kier alpha value is -0.570. The average Bonchev–Trinajstić information content (AvgIpc) is 2.84. The van der Waals surface area contributed by atoms with Gasteiger partial charge in [-0.15, -0.1) is 0 Å². The number of amides is 1. The summed E-state index contributed by atoms with van der Waals surface area (Å²) in [5, 5.41) is 9.20. The molecular formula is C12H21NO2. The quantitative estimate of drug-likeness (QED) is 0.750. The van der Waals surface area contributed by atoms with Gasteiger partial charge >= 0.3 is 0 Å². The van der Waals surface area contributed by atoms with E-state index in [-0.39, 0.29) is 18.6 Å². The van der Waals surface area contributed by atoms with Crippen LogP contribution in [0.5, 0.6) is 0 Å². The summed E-state index contributed by atoms with van der Waals surface area (Å²) in [6, 6.07) is 0.102. The van der Waals surface area contributed by atoms with Crippen molar-refractivity contribution in [3.05, 3.63) is 0 Å². The minimum absolute atomic E-state index is 0.102. The van der Waals surface area contributed by atoms with Gasteiger partial charge in [-0.05, 0) is 31.6 Å². The summed E-state index contributed by atoms with van der Waals surface area (Å²) in [6.07, 6.45) is 5.46. The number of aliphatic hydroxyl groups is 1. The highest BCUT2D eigenvalue weighted by atomic mass is 16.3. The molecule has 1 aliphatic carbocycles. The molecule has 3 nitrogen and oxygen atoms in total. The topological polar surface area (TPSA) is 40.5 Å². The summed E-state index contributed by atoms with van der Waals surface area (Å²) in [7, 11) is 0. The third-order valence-electron chi connectivity index (χ3n) is 4.05. The third kappa shape index (κ3) is 2.03. The Kier molecular flexibility index (Phi) is 3.29. The van der Waals surface area contributed by atoms with Crippen LogP contribution >= 0.6 is 0 Å². The molecule has 1 saturated carbocycles. The summed E-state index contributed by atoms with van der Waals surface area (Å²) in [5.74, 6) is 1.08. The molecule has 86 valence electrons. The standard InChI is InChI=1S/C12H21NO2/c1-9-4-2-6-11(9)12(15)13-7-3-5-10(13)8-14/h9-11,14H,2-8H2,1H3/t9?,10-,11?/m1/s1. The summed E-state index contributed by atoms with van der Waals surface area (Å²) < 4.78 is 0. The smallest absolute Gasteiger partial charge is 0.226 e. The second-order valence-corrected chi connectivity index (χ2v) is 5.02. The lowest BCUT2D eigenvalue weighted by Crippen LogP contribution is -2.41. The molecule has 0 bridgehead atoms. The zero-order valence-corrected chi connectivity index (χ0v) is 9.48. The van der Waals surface area contributed by atoms with Crippen LogP contribution < -0.4 is 0 Å². The van der Waals surface area contributed by atoms with Gasteiger partial charge in [-0.25, -0.2) is 0 Å². The number of carbonyl (C=O) groups is 1. The highest BCUT2D eigenvalue weighted by Crippen LogP contribution is 2.34. The first-order valence-corrected chi connectivity index (χ1v) is 6.15. The number of aliphatic hydroxyl groups excluding tert-OH is 1. The van der Waals surface area contributed by atoms with Crippen molar-refractivity contribution in [2.24, 2.45) is 11.8 Å². The third-order valence-corrected chi connectivity index (χ3v) is 4.05. The second-order valence-electron chi connectivity index (χ2n) is 5.02. The van der Waals surface area contributed by atoms with Gasteiger partial charge in [0.15, 0.2) is 0 Å². The molecule has 1 saturated heterocycles. The minimum Gasteiger partial charge on any atom is -0.394 e. The van der Waals surface area contributed by atoms with E-state index in [0.717, 1.165) is 25.8 Å². The van der Waals surface area contributed by atoms with Crippen LogP contribution in [0.2, 0.25) is 0 Å². The van der Waals surface area contributed by atoms with Crippen LogP contribution in [0.4, 0.5) is 0 Å². The van der Waals surface area contributed by atoms with Gasteiger partial charge in [-0.2, -0.15) is 0 Å². The number of rotatable bonds is 2. The van der Waals surface area contributed by atoms with E-state index in [2.05, 4.69) is 6.92 Å². The molecule has 0 radical (unpaired) electrons. The molecule has 1 aliphatic heterocycles. The van der Waals surface area contributed by atoms with E-state index in [1.807, 2.05) is 4.90 Å². The van der Waals surface area contributed by atoms with Crippen molar-refractivity contribution in [3.8, 4) is 0 Å². The second kappa shape index (κ2) is 4.52. The minimum atomic E-state index is 0.102. The Morgan fingerprint density at radius 2 is 2.13 bits per heavy atom. The van der Waals surface area contributed by atoms with Crippen LogP contribution in [0.3, 0.4) is 0 Å². The van der Waals surface area contributed by atoms with Crippen LogP contribution in [0.1, 0.15) is 39.0 Å². The molecule has 2 aliphatic rings. The van der Waals surface area contributed by atoms with Crippen molar-refractivity contribution < 1.29 is 9.90 Å². The van der Waals surface area contributed by atoms with Crippen molar-refractivity contribution in [2.45, 2.75) is 45.1 Å². The van der Waals surface area contributed by atoms with Crippen LogP contribution in [0.25, 0.3) is 0 Å². The predicted molar refractivity (Wildman–Crippen MR) is 58.3 cm³/mol. The summed E-state index contributed by atoms with van der Waals surface area (Å²) in [6.45, 7) is 3.17. The van der Waals surface area contributed by atoms with E-state index in [0.29, 0.717) is 11.8 Å². The highest BCUT2D eigenvalue weighted by Gasteiger charge is 2.36. The molecule has 15 heavy (non-hydrogen) atoms. The molecule has 2 fully saturated rings. The fourth-order valence-electron chi connectivity index (χ4n) is 3.04. The molecule has 2 rings (SSSR count). The maximum absolute atomic E-state index is 12.2. The highest BCUT2D eigenvalue weighted by molar-refractivity contribution is 5.80. The van der Waals surface area contributed by atoms with Crippen molar-refractivity contribution >= 4 is 5.91 Å². The van der Waals surface area contributed by atoms with Gasteiger partial charge < -0.3 is 10.0 Å². The van der Waals surface area contributed by atoms with Crippen molar-refractivity contribution in [3.63, 3.8) is 0 Å². The fourth-order valence-corrected chi connectivity index (χ4v) is 3.04. The average molecular weight is 211 g/mol. The first-order chi connectivity index (χ1) is 7.24. The fraction of sp³-hybridized carbons (Fsp3) is 0.917. The number of nitrogens with zero attached hydrogens (tertiary/aromatic N) is 1. The Balaban J connectivity index is 2.00. The van der Waals surface area contributed by atoms with E-state index in [1.54, 1.807) is 0 Å². The van der Waals surface area contributed by atoms with Crippen LogP contribution in [-0.4, -0.2) is 35.1 Å². The van der Waals surface area contributed by atoms with Gasteiger partial charge in [0, 0.05) is 12.5 Å². The SMILES string of the molecule is CC1CCCC1C(=O)N1CCC[C@@H]1CO. The molecule has 1 heterocycles. The summed E-state index contributed by atoms with van der Waals surface area (Å²) >= 11 is 0.